The van der Waals surface area contributed by atoms with E-state index in [0.717, 1.165) is 17.3 Å². The second kappa shape index (κ2) is 3.98. The lowest BCUT2D eigenvalue weighted by Gasteiger charge is -2.11. The summed E-state index contributed by atoms with van der Waals surface area (Å²) in [4.78, 5) is 14.5. The summed E-state index contributed by atoms with van der Waals surface area (Å²) < 4.78 is 0.857. The SMILES string of the molecule is O=C(NCC1(CO)CC1)c1cc(Br)c[nH]1. The number of carbonyl (C=O) groups excluding carboxylic acids is 1. The molecule has 3 N–H and O–H groups in total. The molecule has 2 rings (SSSR count). The van der Waals surface area contributed by atoms with Crippen molar-refractivity contribution in [1.29, 1.82) is 0 Å². The fourth-order valence-electron chi connectivity index (χ4n) is 1.43. The van der Waals surface area contributed by atoms with Crippen LogP contribution in [0.5, 0.6) is 0 Å². The predicted octanol–water partition coefficient (Wildman–Crippen LogP) is 1.28. The van der Waals surface area contributed by atoms with Crippen LogP contribution in [0.25, 0.3) is 0 Å². The molecule has 82 valence electrons. The molecular weight excluding hydrogens is 260 g/mol. The molecule has 0 atom stereocenters. The Labute approximate surface area is 96.2 Å². The van der Waals surface area contributed by atoms with Crippen molar-refractivity contribution >= 4 is 21.8 Å². The Kier molecular flexibility index (Phi) is 2.84. The summed E-state index contributed by atoms with van der Waals surface area (Å²) in [6, 6.07) is 1.73. The number of nitrogens with one attached hydrogen (secondary N) is 2. The van der Waals surface area contributed by atoms with Crippen molar-refractivity contribution < 1.29 is 9.90 Å². The van der Waals surface area contributed by atoms with Crippen LogP contribution >= 0.6 is 15.9 Å². The van der Waals surface area contributed by atoms with Crippen LogP contribution in [0.1, 0.15) is 23.3 Å². The Morgan fingerprint density at radius 3 is 2.87 bits per heavy atom. The molecule has 1 heterocycles. The van der Waals surface area contributed by atoms with Crippen LogP contribution in [-0.4, -0.2) is 29.1 Å². The number of H-pyrrole nitrogens is 1. The van der Waals surface area contributed by atoms with Gasteiger partial charge in [0.2, 0.25) is 0 Å². The van der Waals surface area contributed by atoms with E-state index in [1.165, 1.54) is 0 Å². The zero-order chi connectivity index (χ0) is 10.9. The molecule has 0 aliphatic heterocycles. The van der Waals surface area contributed by atoms with Crippen molar-refractivity contribution in [2.45, 2.75) is 12.8 Å². The van der Waals surface area contributed by atoms with Crippen molar-refractivity contribution in [3.8, 4) is 0 Å². The van der Waals surface area contributed by atoms with Crippen LogP contribution in [0, 0.1) is 5.41 Å². The summed E-state index contributed by atoms with van der Waals surface area (Å²) >= 11 is 3.27. The van der Waals surface area contributed by atoms with Gasteiger partial charge in [-0.15, -0.1) is 0 Å². The van der Waals surface area contributed by atoms with Gasteiger partial charge in [-0.25, -0.2) is 0 Å². The van der Waals surface area contributed by atoms with Gasteiger partial charge in [0.1, 0.15) is 5.69 Å². The van der Waals surface area contributed by atoms with E-state index >= 15 is 0 Å². The monoisotopic (exact) mass is 272 g/mol. The predicted molar refractivity (Wildman–Crippen MR) is 59.6 cm³/mol. The number of carbonyl (C=O) groups is 1. The third-order valence-corrected chi connectivity index (χ3v) is 3.27. The minimum atomic E-state index is -0.125. The minimum absolute atomic E-state index is 0.0422. The van der Waals surface area contributed by atoms with E-state index in [0.29, 0.717) is 12.2 Å². The fourth-order valence-corrected chi connectivity index (χ4v) is 1.77. The number of hydrogen-bond donors (Lipinski definition) is 3. The lowest BCUT2D eigenvalue weighted by Crippen LogP contribution is -2.31. The standard InChI is InChI=1S/C10H13BrN2O2/c11-7-3-8(12-4-7)9(15)13-5-10(6-14)1-2-10/h3-4,12,14H,1-2,5-6H2,(H,13,15). The normalized spacial score (nSPS) is 17.5. The molecule has 1 aliphatic rings. The molecule has 1 saturated carbocycles. The number of aliphatic hydroxyl groups excluding tert-OH is 1. The molecule has 1 aromatic rings. The van der Waals surface area contributed by atoms with E-state index in [2.05, 4.69) is 26.2 Å². The zero-order valence-electron chi connectivity index (χ0n) is 8.22. The summed E-state index contributed by atoms with van der Waals surface area (Å²) in [6.45, 7) is 0.709. The topological polar surface area (TPSA) is 65.1 Å². The van der Waals surface area contributed by atoms with Crippen LogP contribution in [0.4, 0.5) is 0 Å². The molecule has 1 fully saturated rings. The maximum atomic E-state index is 11.6. The van der Waals surface area contributed by atoms with Crippen LogP contribution in [0.2, 0.25) is 0 Å². The maximum Gasteiger partial charge on any atom is 0.267 e. The Hall–Kier alpha value is -0.810. The number of hydrogen-bond acceptors (Lipinski definition) is 2. The van der Waals surface area contributed by atoms with Gasteiger partial charge in [-0.3, -0.25) is 4.79 Å². The molecule has 15 heavy (non-hydrogen) atoms. The molecule has 0 saturated heterocycles. The molecular formula is C10H13BrN2O2. The highest BCUT2D eigenvalue weighted by atomic mass is 79.9. The number of rotatable bonds is 4. The van der Waals surface area contributed by atoms with Crippen molar-refractivity contribution in [1.82, 2.24) is 10.3 Å². The third-order valence-electron chi connectivity index (χ3n) is 2.81. The third kappa shape index (κ3) is 2.41. The van der Waals surface area contributed by atoms with Crippen LogP contribution in [0.3, 0.4) is 0 Å². The highest BCUT2D eigenvalue weighted by molar-refractivity contribution is 9.10. The highest BCUT2D eigenvalue weighted by Crippen LogP contribution is 2.44. The zero-order valence-corrected chi connectivity index (χ0v) is 9.80. The summed E-state index contributed by atoms with van der Waals surface area (Å²) in [7, 11) is 0. The molecule has 0 radical (unpaired) electrons. The Bertz CT molecular complexity index is 371. The van der Waals surface area contributed by atoms with E-state index in [1.807, 2.05) is 0 Å². The summed E-state index contributed by atoms with van der Waals surface area (Å²) in [5.41, 5.74) is 0.495. The lowest BCUT2D eigenvalue weighted by atomic mass is 10.1. The summed E-state index contributed by atoms with van der Waals surface area (Å²) in [6.07, 6.45) is 3.71. The van der Waals surface area contributed by atoms with Gasteiger partial charge in [0, 0.05) is 22.6 Å². The van der Waals surface area contributed by atoms with Gasteiger partial charge in [0.25, 0.3) is 5.91 Å². The van der Waals surface area contributed by atoms with Crippen molar-refractivity contribution in [3.05, 3.63) is 22.4 Å². The smallest absolute Gasteiger partial charge is 0.267 e. The average molecular weight is 273 g/mol. The van der Waals surface area contributed by atoms with Crippen molar-refractivity contribution in [2.75, 3.05) is 13.2 Å². The number of aromatic amines is 1. The lowest BCUT2D eigenvalue weighted by molar-refractivity contribution is 0.0931. The number of halogens is 1. The van der Waals surface area contributed by atoms with Gasteiger partial charge in [0.15, 0.2) is 0 Å². The van der Waals surface area contributed by atoms with E-state index in [-0.39, 0.29) is 17.9 Å². The second-order valence-corrected chi connectivity index (χ2v) is 4.99. The molecule has 1 aliphatic carbocycles. The average Bonchev–Trinajstić information content (AvgIpc) is 2.90. The van der Waals surface area contributed by atoms with Gasteiger partial charge in [-0.05, 0) is 34.8 Å². The first kappa shape index (κ1) is 10.7. The van der Waals surface area contributed by atoms with Crippen LogP contribution in [-0.2, 0) is 0 Å². The fraction of sp³-hybridized carbons (Fsp3) is 0.500. The Morgan fingerprint density at radius 1 is 1.67 bits per heavy atom. The van der Waals surface area contributed by atoms with E-state index in [9.17, 15) is 4.79 Å². The Morgan fingerprint density at radius 2 is 2.40 bits per heavy atom. The van der Waals surface area contributed by atoms with E-state index in [4.69, 9.17) is 5.11 Å². The first-order valence-corrected chi connectivity index (χ1v) is 5.67. The van der Waals surface area contributed by atoms with Crippen molar-refractivity contribution in [3.63, 3.8) is 0 Å². The van der Waals surface area contributed by atoms with Crippen LogP contribution in [0.15, 0.2) is 16.7 Å². The van der Waals surface area contributed by atoms with Gasteiger partial charge in [-0.2, -0.15) is 0 Å². The first-order chi connectivity index (χ1) is 7.15. The van der Waals surface area contributed by atoms with Gasteiger partial charge in [-0.1, -0.05) is 0 Å². The number of amides is 1. The van der Waals surface area contributed by atoms with Crippen molar-refractivity contribution in [2.24, 2.45) is 5.41 Å². The molecule has 1 amide bonds. The first-order valence-electron chi connectivity index (χ1n) is 4.88. The second-order valence-electron chi connectivity index (χ2n) is 4.07. The molecule has 0 unspecified atom stereocenters. The van der Waals surface area contributed by atoms with Crippen LogP contribution < -0.4 is 5.32 Å². The quantitative estimate of drug-likeness (QED) is 0.773. The van der Waals surface area contributed by atoms with Gasteiger partial charge < -0.3 is 15.4 Å². The summed E-state index contributed by atoms with van der Waals surface area (Å²) in [5, 5.41) is 11.9. The molecule has 0 spiro atoms. The molecule has 4 nitrogen and oxygen atoms in total. The Balaban J connectivity index is 1.88. The van der Waals surface area contributed by atoms with E-state index < -0.39 is 0 Å². The highest BCUT2D eigenvalue weighted by Gasteiger charge is 2.42. The molecule has 1 aromatic heterocycles. The molecule has 0 bridgehead atoms. The largest absolute Gasteiger partial charge is 0.396 e. The maximum absolute atomic E-state index is 11.6. The number of aromatic nitrogens is 1. The van der Waals surface area contributed by atoms with Gasteiger partial charge in [0.05, 0.1) is 6.61 Å². The van der Waals surface area contributed by atoms with Gasteiger partial charge >= 0.3 is 0 Å². The summed E-state index contributed by atoms with van der Waals surface area (Å²) in [5.74, 6) is -0.125. The molecule has 0 aromatic carbocycles. The van der Waals surface area contributed by atoms with E-state index in [1.54, 1.807) is 12.3 Å². The molecule has 5 heteroatoms. The number of aliphatic hydroxyl groups is 1. The minimum Gasteiger partial charge on any atom is -0.396 e.